The van der Waals surface area contributed by atoms with Crippen LogP contribution in [0.15, 0.2) is 6.20 Å². The van der Waals surface area contributed by atoms with Crippen molar-refractivity contribution >= 4 is 5.91 Å². The predicted octanol–water partition coefficient (Wildman–Crippen LogP) is 0.875. The van der Waals surface area contributed by atoms with Gasteiger partial charge in [-0.2, -0.15) is 0 Å². The molecule has 1 aromatic heterocycles. The molecule has 3 rings (SSSR count). The Morgan fingerprint density at radius 2 is 2.16 bits per heavy atom. The highest BCUT2D eigenvalue weighted by atomic mass is 16.2. The highest BCUT2D eigenvalue weighted by Gasteiger charge is 2.30. The fraction of sp³-hybridized carbons (Fsp3) is 0.769. The Bertz CT molecular complexity index is 459. The van der Waals surface area contributed by atoms with Gasteiger partial charge in [0.25, 0.3) is 5.91 Å². The zero-order valence-electron chi connectivity index (χ0n) is 11.4. The van der Waals surface area contributed by atoms with Crippen molar-refractivity contribution in [2.24, 2.45) is 0 Å². The molecule has 19 heavy (non-hydrogen) atoms. The van der Waals surface area contributed by atoms with Gasteiger partial charge in [-0.15, -0.1) is 5.10 Å². The predicted molar refractivity (Wildman–Crippen MR) is 70.9 cm³/mol. The molecule has 0 radical (unpaired) electrons. The molecule has 1 amide bonds. The molecule has 2 N–H and O–H groups in total. The first-order valence-corrected chi connectivity index (χ1v) is 7.11. The third kappa shape index (κ3) is 2.63. The second-order valence-electron chi connectivity index (χ2n) is 5.97. The minimum atomic E-state index is -0.0945. The first kappa shape index (κ1) is 12.6. The summed E-state index contributed by atoms with van der Waals surface area (Å²) in [6, 6.07) is 0.347. The molecule has 2 fully saturated rings. The molecule has 2 heterocycles. The molecule has 6 heteroatoms. The molecule has 0 bridgehead atoms. The number of carbonyl (C=O) groups excluding carboxylic acids is 1. The van der Waals surface area contributed by atoms with E-state index in [1.165, 1.54) is 19.3 Å². The van der Waals surface area contributed by atoms with Crippen LogP contribution in [0.3, 0.4) is 0 Å². The van der Waals surface area contributed by atoms with E-state index in [2.05, 4.69) is 27.9 Å². The van der Waals surface area contributed by atoms with Gasteiger partial charge < -0.3 is 10.6 Å². The highest BCUT2D eigenvalue weighted by molar-refractivity contribution is 5.92. The molecule has 1 saturated carbocycles. The van der Waals surface area contributed by atoms with Gasteiger partial charge in [0.15, 0.2) is 5.69 Å². The second-order valence-corrected chi connectivity index (χ2v) is 5.97. The number of nitrogens with one attached hydrogen (secondary N) is 2. The standard InChI is InChI=1S/C13H21N5O/c1-13(5-3-2-4-6-13)15-12(19)11-9-18(17-16-11)10-7-14-8-10/h9-10,14H,2-8H2,1H3,(H,15,19). The lowest BCUT2D eigenvalue weighted by Crippen LogP contribution is -2.47. The van der Waals surface area contributed by atoms with Gasteiger partial charge in [-0.25, -0.2) is 4.68 Å². The largest absolute Gasteiger partial charge is 0.345 e. The fourth-order valence-corrected chi connectivity index (χ4v) is 2.81. The Kier molecular flexibility index (Phi) is 3.26. The summed E-state index contributed by atoms with van der Waals surface area (Å²) < 4.78 is 1.79. The molecule has 1 aliphatic heterocycles. The maximum absolute atomic E-state index is 12.2. The lowest BCUT2D eigenvalue weighted by atomic mass is 9.83. The lowest BCUT2D eigenvalue weighted by Gasteiger charge is -2.34. The zero-order chi connectivity index (χ0) is 13.3. The summed E-state index contributed by atoms with van der Waals surface area (Å²) in [6.07, 6.45) is 7.52. The van der Waals surface area contributed by atoms with Crippen molar-refractivity contribution in [3.05, 3.63) is 11.9 Å². The fourth-order valence-electron chi connectivity index (χ4n) is 2.81. The minimum absolute atomic E-state index is 0.0723. The Balaban J connectivity index is 1.64. The van der Waals surface area contributed by atoms with Crippen molar-refractivity contribution in [2.45, 2.75) is 50.6 Å². The summed E-state index contributed by atoms with van der Waals surface area (Å²) in [7, 11) is 0. The van der Waals surface area contributed by atoms with Crippen molar-refractivity contribution in [1.82, 2.24) is 25.6 Å². The third-order valence-electron chi connectivity index (χ3n) is 4.25. The molecule has 0 unspecified atom stereocenters. The Hall–Kier alpha value is -1.43. The van der Waals surface area contributed by atoms with E-state index in [1.807, 2.05) is 0 Å². The Morgan fingerprint density at radius 1 is 1.42 bits per heavy atom. The molecular formula is C13H21N5O. The molecule has 0 aromatic carbocycles. The van der Waals surface area contributed by atoms with Crippen LogP contribution in [0, 0.1) is 0 Å². The number of rotatable bonds is 3. The van der Waals surface area contributed by atoms with Crippen LogP contribution in [0.5, 0.6) is 0 Å². The van der Waals surface area contributed by atoms with E-state index >= 15 is 0 Å². The van der Waals surface area contributed by atoms with Gasteiger partial charge in [0.05, 0.1) is 12.2 Å². The molecule has 0 spiro atoms. The quantitative estimate of drug-likeness (QED) is 0.849. The topological polar surface area (TPSA) is 71.8 Å². The zero-order valence-corrected chi connectivity index (χ0v) is 11.4. The maximum Gasteiger partial charge on any atom is 0.273 e. The summed E-state index contributed by atoms with van der Waals surface area (Å²) in [4.78, 5) is 12.2. The van der Waals surface area contributed by atoms with Crippen molar-refractivity contribution < 1.29 is 4.79 Å². The van der Waals surface area contributed by atoms with Crippen LogP contribution in [-0.4, -0.2) is 39.5 Å². The molecular weight excluding hydrogens is 242 g/mol. The summed E-state index contributed by atoms with van der Waals surface area (Å²) in [5.41, 5.74) is 0.357. The molecule has 1 saturated heterocycles. The van der Waals surface area contributed by atoms with E-state index in [9.17, 15) is 4.79 Å². The molecule has 2 aliphatic rings. The third-order valence-corrected chi connectivity index (χ3v) is 4.25. The van der Waals surface area contributed by atoms with Gasteiger partial charge in [-0.1, -0.05) is 24.5 Å². The number of carbonyl (C=O) groups is 1. The van der Waals surface area contributed by atoms with Gasteiger partial charge >= 0.3 is 0 Å². The summed E-state index contributed by atoms with van der Waals surface area (Å²) in [5.74, 6) is -0.0945. The van der Waals surface area contributed by atoms with Gasteiger partial charge in [0.2, 0.25) is 0 Å². The van der Waals surface area contributed by atoms with Gasteiger partial charge in [-0.3, -0.25) is 4.79 Å². The molecule has 6 nitrogen and oxygen atoms in total. The number of hydrogen-bond donors (Lipinski definition) is 2. The van der Waals surface area contributed by atoms with Crippen molar-refractivity contribution in [1.29, 1.82) is 0 Å². The van der Waals surface area contributed by atoms with Crippen LogP contribution in [-0.2, 0) is 0 Å². The van der Waals surface area contributed by atoms with Crippen molar-refractivity contribution in [3.63, 3.8) is 0 Å². The molecule has 104 valence electrons. The van der Waals surface area contributed by atoms with Gasteiger partial charge in [0, 0.05) is 18.6 Å². The average Bonchev–Trinajstić information content (AvgIpc) is 2.76. The first-order valence-electron chi connectivity index (χ1n) is 7.11. The molecule has 1 aliphatic carbocycles. The van der Waals surface area contributed by atoms with Crippen LogP contribution in [0.1, 0.15) is 55.6 Å². The van der Waals surface area contributed by atoms with Crippen molar-refractivity contribution in [3.8, 4) is 0 Å². The van der Waals surface area contributed by atoms with E-state index in [1.54, 1.807) is 10.9 Å². The average molecular weight is 263 g/mol. The smallest absolute Gasteiger partial charge is 0.273 e. The van der Waals surface area contributed by atoms with E-state index < -0.39 is 0 Å². The lowest BCUT2D eigenvalue weighted by molar-refractivity contribution is 0.0877. The van der Waals surface area contributed by atoms with Crippen LogP contribution < -0.4 is 10.6 Å². The van der Waals surface area contributed by atoms with Crippen LogP contribution in [0.2, 0.25) is 0 Å². The number of hydrogen-bond acceptors (Lipinski definition) is 4. The molecule has 0 atom stereocenters. The van der Waals surface area contributed by atoms with Gasteiger partial charge in [0.1, 0.15) is 0 Å². The number of nitrogens with zero attached hydrogens (tertiary/aromatic N) is 3. The van der Waals surface area contributed by atoms with Crippen LogP contribution >= 0.6 is 0 Å². The Morgan fingerprint density at radius 3 is 2.79 bits per heavy atom. The molecule has 1 aromatic rings. The first-order chi connectivity index (χ1) is 9.16. The van der Waals surface area contributed by atoms with E-state index in [0.29, 0.717) is 11.7 Å². The number of amides is 1. The van der Waals surface area contributed by atoms with Crippen LogP contribution in [0.4, 0.5) is 0 Å². The second kappa shape index (κ2) is 4.92. The minimum Gasteiger partial charge on any atom is -0.345 e. The van der Waals surface area contributed by atoms with Crippen LogP contribution in [0.25, 0.3) is 0 Å². The van der Waals surface area contributed by atoms with E-state index in [0.717, 1.165) is 25.9 Å². The Labute approximate surface area is 112 Å². The highest BCUT2D eigenvalue weighted by Crippen LogP contribution is 2.27. The number of aromatic nitrogens is 3. The monoisotopic (exact) mass is 263 g/mol. The summed E-state index contributed by atoms with van der Waals surface area (Å²) in [5, 5.41) is 14.3. The maximum atomic E-state index is 12.2. The normalized spacial score (nSPS) is 22.8. The van der Waals surface area contributed by atoms with Crippen molar-refractivity contribution in [2.75, 3.05) is 13.1 Å². The summed E-state index contributed by atoms with van der Waals surface area (Å²) >= 11 is 0. The van der Waals surface area contributed by atoms with E-state index in [-0.39, 0.29) is 11.4 Å². The SMILES string of the molecule is CC1(NC(=O)c2cn(C3CNC3)nn2)CCCCC1. The summed E-state index contributed by atoms with van der Waals surface area (Å²) in [6.45, 7) is 3.94. The van der Waals surface area contributed by atoms with E-state index in [4.69, 9.17) is 0 Å². The van der Waals surface area contributed by atoms with Gasteiger partial charge in [-0.05, 0) is 19.8 Å².